The summed E-state index contributed by atoms with van der Waals surface area (Å²) < 4.78 is 0. The third kappa shape index (κ3) is 6.11. The number of hydrazone groups is 1. The molecule has 1 aliphatic heterocycles. The molecule has 6 heteroatoms. The summed E-state index contributed by atoms with van der Waals surface area (Å²) in [5.41, 5.74) is 6.04. The van der Waals surface area contributed by atoms with Gasteiger partial charge in [0, 0.05) is 25.6 Å². The minimum atomic E-state index is -0.436. The summed E-state index contributed by atoms with van der Waals surface area (Å²) in [5.74, 6) is 0. The van der Waals surface area contributed by atoms with Crippen molar-refractivity contribution in [1.29, 1.82) is 0 Å². The van der Waals surface area contributed by atoms with Crippen LogP contribution in [0.25, 0.3) is 0 Å². The zero-order valence-corrected chi connectivity index (χ0v) is 18.6. The van der Waals surface area contributed by atoms with E-state index in [1.54, 1.807) is 7.05 Å². The maximum absolute atomic E-state index is 10.7. The van der Waals surface area contributed by atoms with Crippen LogP contribution in [-0.4, -0.2) is 47.0 Å². The highest BCUT2D eigenvalue weighted by Crippen LogP contribution is 2.30. The topological polar surface area (TPSA) is 59.9 Å². The van der Waals surface area contributed by atoms with Crippen LogP contribution >= 0.6 is 12.2 Å². The summed E-state index contributed by atoms with van der Waals surface area (Å²) in [6, 6.07) is 20.9. The first-order valence-corrected chi connectivity index (χ1v) is 11.0. The summed E-state index contributed by atoms with van der Waals surface area (Å²) in [6.07, 6.45) is 4.53. The number of thiocarbonyl (C=S) groups is 1. The van der Waals surface area contributed by atoms with E-state index < -0.39 is 6.10 Å². The summed E-state index contributed by atoms with van der Waals surface area (Å²) in [7, 11) is 3.96. The Balaban J connectivity index is 1.70. The average molecular weight is 425 g/mol. The molecule has 3 atom stereocenters. The van der Waals surface area contributed by atoms with Crippen molar-refractivity contribution in [2.45, 2.75) is 50.3 Å². The van der Waals surface area contributed by atoms with E-state index in [0.29, 0.717) is 17.2 Å². The van der Waals surface area contributed by atoms with Crippen LogP contribution in [0.15, 0.2) is 65.8 Å². The van der Waals surface area contributed by atoms with Crippen LogP contribution in [0, 0.1) is 0 Å². The van der Waals surface area contributed by atoms with Crippen molar-refractivity contribution >= 4 is 23.0 Å². The second-order valence-electron chi connectivity index (χ2n) is 7.89. The molecule has 0 bridgehead atoms. The molecule has 0 saturated carbocycles. The van der Waals surface area contributed by atoms with Gasteiger partial charge in [0.2, 0.25) is 0 Å². The lowest BCUT2D eigenvalue weighted by Crippen LogP contribution is -2.45. The average Bonchev–Trinajstić information content (AvgIpc) is 2.79. The van der Waals surface area contributed by atoms with Crippen LogP contribution < -0.4 is 10.7 Å². The van der Waals surface area contributed by atoms with Gasteiger partial charge in [0.1, 0.15) is 0 Å². The molecule has 2 aromatic carbocycles. The Morgan fingerprint density at radius 1 is 1.10 bits per heavy atom. The third-order valence-electron chi connectivity index (χ3n) is 5.96. The van der Waals surface area contributed by atoms with E-state index in [2.05, 4.69) is 39.9 Å². The smallest absolute Gasteiger partial charge is 0.186 e. The van der Waals surface area contributed by atoms with E-state index >= 15 is 0 Å². The van der Waals surface area contributed by atoms with E-state index in [1.807, 2.05) is 48.5 Å². The number of hydrogen-bond donors (Lipinski definition) is 3. The number of benzene rings is 2. The standard InChI is InChI=1S/C24H32N4OS/c1-25-24(30)27-26-22(18-10-5-3-6-11-18)16-20-14-9-15-21(28(20)2)17-23(29)19-12-7-4-8-13-19/h3-8,10-13,20-21,23,29H,9,14-17H2,1-2H3,(H2,25,27,30)/b26-22-/t20-,21+,23-/m1/s1. The second-order valence-corrected chi connectivity index (χ2v) is 8.29. The van der Waals surface area contributed by atoms with Gasteiger partial charge in [0.05, 0.1) is 11.8 Å². The Kier molecular flexibility index (Phi) is 8.37. The van der Waals surface area contributed by atoms with Gasteiger partial charge in [-0.1, -0.05) is 67.1 Å². The maximum atomic E-state index is 10.7. The Hall–Kier alpha value is -2.28. The van der Waals surface area contributed by atoms with Crippen LogP contribution in [0.4, 0.5) is 0 Å². The monoisotopic (exact) mass is 424 g/mol. The van der Waals surface area contributed by atoms with E-state index in [1.165, 1.54) is 0 Å². The highest BCUT2D eigenvalue weighted by molar-refractivity contribution is 7.80. The summed E-state index contributed by atoms with van der Waals surface area (Å²) in [4.78, 5) is 2.44. The van der Waals surface area contributed by atoms with Gasteiger partial charge in [0.25, 0.3) is 0 Å². The zero-order chi connectivity index (χ0) is 21.3. The molecular weight excluding hydrogens is 392 g/mol. The van der Waals surface area contributed by atoms with Gasteiger partial charge in [-0.25, -0.2) is 0 Å². The van der Waals surface area contributed by atoms with E-state index in [-0.39, 0.29) is 0 Å². The van der Waals surface area contributed by atoms with Crippen molar-refractivity contribution in [2.24, 2.45) is 5.10 Å². The summed E-state index contributed by atoms with van der Waals surface area (Å²) in [5, 5.41) is 18.7. The van der Waals surface area contributed by atoms with Crippen molar-refractivity contribution in [2.75, 3.05) is 14.1 Å². The lowest BCUT2D eigenvalue weighted by molar-refractivity contribution is 0.0639. The fraction of sp³-hybridized carbons (Fsp3) is 0.417. The number of piperidine rings is 1. The third-order valence-corrected chi connectivity index (χ3v) is 6.26. The lowest BCUT2D eigenvalue weighted by Gasteiger charge is -2.40. The maximum Gasteiger partial charge on any atom is 0.186 e. The van der Waals surface area contributed by atoms with Crippen molar-refractivity contribution in [1.82, 2.24) is 15.6 Å². The molecule has 1 fully saturated rings. The van der Waals surface area contributed by atoms with E-state index in [4.69, 9.17) is 12.2 Å². The fourth-order valence-electron chi connectivity index (χ4n) is 4.15. The first kappa shape index (κ1) is 22.4. The van der Waals surface area contributed by atoms with Gasteiger partial charge in [-0.2, -0.15) is 5.10 Å². The van der Waals surface area contributed by atoms with Crippen molar-refractivity contribution in [3.05, 3.63) is 71.8 Å². The molecule has 1 aliphatic rings. The second kappa shape index (κ2) is 11.2. The number of rotatable bonds is 7. The number of hydrogen-bond acceptors (Lipinski definition) is 4. The molecule has 1 saturated heterocycles. The zero-order valence-electron chi connectivity index (χ0n) is 17.8. The summed E-state index contributed by atoms with van der Waals surface area (Å²) in [6.45, 7) is 0. The van der Waals surface area contributed by atoms with Gasteiger partial charge in [-0.3, -0.25) is 10.3 Å². The Bertz CT molecular complexity index is 828. The van der Waals surface area contributed by atoms with Gasteiger partial charge in [0.15, 0.2) is 5.11 Å². The Morgan fingerprint density at radius 2 is 1.73 bits per heavy atom. The molecule has 0 aliphatic carbocycles. The minimum absolute atomic E-state index is 0.349. The van der Waals surface area contributed by atoms with Crippen molar-refractivity contribution < 1.29 is 5.11 Å². The number of aliphatic hydroxyl groups excluding tert-OH is 1. The van der Waals surface area contributed by atoms with Crippen LogP contribution in [-0.2, 0) is 0 Å². The number of nitrogens with one attached hydrogen (secondary N) is 2. The van der Waals surface area contributed by atoms with Crippen LogP contribution in [0.5, 0.6) is 0 Å². The van der Waals surface area contributed by atoms with Gasteiger partial charge < -0.3 is 10.4 Å². The summed E-state index contributed by atoms with van der Waals surface area (Å²) >= 11 is 5.20. The fourth-order valence-corrected chi connectivity index (χ4v) is 4.20. The molecule has 2 aromatic rings. The first-order chi connectivity index (χ1) is 14.6. The quantitative estimate of drug-likeness (QED) is 0.358. The van der Waals surface area contributed by atoms with Crippen LogP contribution in [0.1, 0.15) is 49.3 Å². The predicted octanol–water partition coefficient (Wildman–Crippen LogP) is 3.85. The molecule has 0 radical (unpaired) electrons. The normalized spacial score (nSPS) is 21.1. The number of aliphatic hydroxyl groups is 1. The van der Waals surface area contributed by atoms with Crippen molar-refractivity contribution in [3.63, 3.8) is 0 Å². The Morgan fingerprint density at radius 3 is 2.40 bits per heavy atom. The lowest BCUT2D eigenvalue weighted by atomic mass is 9.88. The largest absolute Gasteiger partial charge is 0.388 e. The van der Waals surface area contributed by atoms with Gasteiger partial charge in [-0.05, 0) is 49.7 Å². The predicted molar refractivity (Wildman–Crippen MR) is 128 cm³/mol. The number of likely N-dealkylation sites (tertiary alicyclic amines) is 1. The number of nitrogens with zero attached hydrogens (tertiary/aromatic N) is 2. The molecule has 5 nitrogen and oxygen atoms in total. The molecule has 3 N–H and O–H groups in total. The SMILES string of the molecule is CNC(=S)N/N=C(/C[C@H]1CCC[C@@H](C[C@@H](O)c2ccccc2)N1C)c1ccccc1. The molecule has 0 amide bonds. The highest BCUT2D eigenvalue weighted by atomic mass is 32.1. The molecule has 0 unspecified atom stereocenters. The highest BCUT2D eigenvalue weighted by Gasteiger charge is 2.30. The minimum Gasteiger partial charge on any atom is -0.388 e. The van der Waals surface area contributed by atoms with Gasteiger partial charge in [-0.15, -0.1) is 0 Å². The van der Waals surface area contributed by atoms with Crippen molar-refractivity contribution in [3.8, 4) is 0 Å². The van der Waals surface area contributed by atoms with E-state index in [9.17, 15) is 5.11 Å². The van der Waals surface area contributed by atoms with E-state index in [0.717, 1.165) is 48.9 Å². The van der Waals surface area contributed by atoms with Crippen LogP contribution in [0.3, 0.4) is 0 Å². The Labute approximate surface area is 185 Å². The molecule has 3 rings (SSSR count). The molecule has 30 heavy (non-hydrogen) atoms. The molecule has 160 valence electrons. The molecule has 1 heterocycles. The van der Waals surface area contributed by atoms with Crippen LogP contribution in [0.2, 0.25) is 0 Å². The molecule has 0 aromatic heterocycles. The molecule has 0 spiro atoms. The van der Waals surface area contributed by atoms with Gasteiger partial charge >= 0.3 is 0 Å². The first-order valence-electron chi connectivity index (χ1n) is 10.6. The molecular formula is C24H32N4OS.